The molecule has 3 unspecified atom stereocenters. The van der Waals surface area contributed by atoms with Crippen LogP contribution < -0.4 is 5.32 Å². The van der Waals surface area contributed by atoms with E-state index in [-0.39, 0.29) is 0 Å². The second kappa shape index (κ2) is 5.68. The summed E-state index contributed by atoms with van der Waals surface area (Å²) in [6.07, 6.45) is 6.97. The largest absolute Gasteiger partial charge is 0.389 e. The highest BCUT2D eigenvalue weighted by atomic mass is 16.5. The zero-order chi connectivity index (χ0) is 12.3. The van der Waals surface area contributed by atoms with Crippen molar-refractivity contribution in [2.24, 2.45) is 11.8 Å². The van der Waals surface area contributed by atoms with E-state index in [1.54, 1.807) is 7.11 Å². The molecule has 2 aliphatic rings. The summed E-state index contributed by atoms with van der Waals surface area (Å²) in [7, 11) is 1.76. The summed E-state index contributed by atoms with van der Waals surface area (Å²) in [4.78, 5) is 0. The van der Waals surface area contributed by atoms with Crippen LogP contribution in [0.25, 0.3) is 0 Å². The van der Waals surface area contributed by atoms with Crippen LogP contribution in [-0.2, 0) is 4.74 Å². The van der Waals surface area contributed by atoms with Crippen LogP contribution in [0.3, 0.4) is 0 Å². The Morgan fingerprint density at radius 3 is 2.76 bits per heavy atom. The number of rotatable bonds is 6. The number of hydrogen-bond donors (Lipinski definition) is 2. The predicted molar refractivity (Wildman–Crippen MR) is 69.0 cm³/mol. The van der Waals surface area contributed by atoms with E-state index in [1.165, 1.54) is 19.3 Å². The van der Waals surface area contributed by atoms with Crippen molar-refractivity contribution in [2.75, 3.05) is 20.3 Å². The highest BCUT2D eigenvalue weighted by Gasteiger charge is 2.36. The molecule has 0 aliphatic heterocycles. The zero-order valence-electron chi connectivity index (χ0n) is 11.2. The number of hydrogen-bond acceptors (Lipinski definition) is 3. The van der Waals surface area contributed by atoms with E-state index >= 15 is 0 Å². The van der Waals surface area contributed by atoms with Crippen molar-refractivity contribution >= 4 is 0 Å². The lowest BCUT2D eigenvalue weighted by Crippen LogP contribution is -2.48. The Morgan fingerprint density at radius 1 is 1.41 bits per heavy atom. The van der Waals surface area contributed by atoms with Gasteiger partial charge in [0.15, 0.2) is 0 Å². The molecule has 0 saturated heterocycles. The molecule has 0 aromatic rings. The van der Waals surface area contributed by atoms with Crippen molar-refractivity contribution in [1.29, 1.82) is 0 Å². The van der Waals surface area contributed by atoms with Crippen LogP contribution in [0.1, 0.15) is 45.4 Å². The second-order valence-electron chi connectivity index (χ2n) is 6.21. The van der Waals surface area contributed by atoms with Crippen LogP contribution in [0.5, 0.6) is 0 Å². The summed E-state index contributed by atoms with van der Waals surface area (Å²) >= 11 is 0. The third-order valence-electron chi connectivity index (χ3n) is 4.30. The monoisotopic (exact) mass is 241 g/mol. The standard InChI is InChI=1S/C14H27NO2/c1-11-4-3-7-14(16,8-11)10-15-13(9-17-2)12-5-6-12/h11-13,15-16H,3-10H2,1-2H3. The van der Waals surface area contributed by atoms with E-state index in [4.69, 9.17) is 4.74 Å². The minimum Gasteiger partial charge on any atom is -0.389 e. The van der Waals surface area contributed by atoms with Gasteiger partial charge in [-0.05, 0) is 37.5 Å². The van der Waals surface area contributed by atoms with E-state index in [9.17, 15) is 5.11 Å². The van der Waals surface area contributed by atoms with Gasteiger partial charge in [-0.15, -0.1) is 0 Å². The van der Waals surface area contributed by atoms with Gasteiger partial charge in [0.1, 0.15) is 0 Å². The second-order valence-corrected chi connectivity index (χ2v) is 6.21. The van der Waals surface area contributed by atoms with Crippen molar-refractivity contribution < 1.29 is 9.84 Å². The molecule has 2 fully saturated rings. The minimum atomic E-state index is -0.474. The van der Waals surface area contributed by atoms with Crippen LogP contribution in [0.15, 0.2) is 0 Å². The quantitative estimate of drug-likeness (QED) is 0.747. The van der Waals surface area contributed by atoms with Crippen LogP contribution in [0.2, 0.25) is 0 Å². The third-order valence-corrected chi connectivity index (χ3v) is 4.30. The molecule has 3 heteroatoms. The number of ether oxygens (including phenoxy) is 1. The summed E-state index contributed by atoms with van der Waals surface area (Å²) in [6, 6.07) is 0.446. The molecular weight excluding hydrogens is 214 g/mol. The lowest BCUT2D eigenvalue weighted by Gasteiger charge is -2.37. The number of methoxy groups -OCH3 is 1. The highest BCUT2D eigenvalue weighted by Crippen LogP contribution is 2.34. The van der Waals surface area contributed by atoms with Crippen LogP contribution in [-0.4, -0.2) is 37.0 Å². The minimum absolute atomic E-state index is 0.446. The lowest BCUT2D eigenvalue weighted by molar-refractivity contribution is -0.0163. The van der Waals surface area contributed by atoms with Crippen LogP contribution >= 0.6 is 0 Å². The fourth-order valence-electron chi connectivity index (χ4n) is 3.15. The van der Waals surface area contributed by atoms with Crippen LogP contribution in [0.4, 0.5) is 0 Å². The van der Waals surface area contributed by atoms with Gasteiger partial charge >= 0.3 is 0 Å². The Bertz CT molecular complexity index is 242. The van der Waals surface area contributed by atoms with Gasteiger partial charge in [-0.25, -0.2) is 0 Å². The highest BCUT2D eigenvalue weighted by molar-refractivity contribution is 4.92. The van der Waals surface area contributed by atoms with Crippen molar-refractivity contribution in [1.82, 2.24) is 5.32 Å². The molecule has 3 atom stereocenters. The van der Waals surface area contributed by atoms with Crippen molar-refractivity contribution in [3.05, 3.63) is 0 Å². The topological polar surface area (TPSA) is 41.5 Å². The number of nitrogens with one attached hydrogen (secondary N) is 1. The maximum Gasteiger partial charge on any atom is 0.0774 e. The van der Waals surface area contributed by atoms with Gasteiger partial charge in [0, 0.05) is 19.7 Å². The first-order valence-corrected chi connectivity index (χ1v) is 7.08. The molecule has 2 aliphatic carbocycles. The van der Waals surface area contributed by atoms with E-state index in [0.29, 0.717) is 12.0 Å². The summed E-state index contributed by atoms with van der Waals surface area (Å²) in [6.45, 7) is 3.76. The van der Waals surface area contributed by atoms with Crippen molar-refractivity contribution in [3.8, 4) is 0 Å². The summed E-state index contributed by atoms with van der Waals surface area (Å²) < 4.78 is 5.26. The molecule has 2 saturated carbocycles. The molecule has 2 N–H and O–H groups in total. The summed E-state index contributed by atoms with van der Waals surface area (Å²) in [5.74, 6) is 1.44. The molecule has 3 nitrogen and oxygen atoms in total. The molecule has 0 bridgehead atoms. The van der Waals surface area contributed by atoms with Gasteiger partial charge in [-0.1, -0.05) is 19.8 Å². The van der Waals surface area contributed by atoms with Crippen molar-refractivity contribution in [3.63, 3.8) is 0 Å². The Labute approximate surface area is 105 Å². The molecule has 0 heterocycles. The Morgan fingerprint density at radius 2 is 2.18 bits per heavy atom. The molecule has 0 aromatic carbocycles. The zero-order valence-corrected chi connectivity index (χ0v) is 11.2. The Kier molecular flexibility index (Phi) is 4.45. The van der Waals surface area contributed by atoms with E-state index in [1.807, 2.05) is 0 Å². The maximum atomic E-state index is 10.6. The molecular formula is C14H27NO2. The van der Waals surface area contributed by atoms with E-state index in [0.717, 1.165) is 38.3 Å². The summed E-state index contributed by atoms with van der Waals surface area (Å²) in [5, 5.41) is 14.1. The fraction of sp³-hybridized carbons (Fsp3) is 1.00. The first-order chi connectivity index (χ1) is 8.13. The molecule has 100 valence electrons. The first-order valence-electron chi connectivity index (χ1n) is 7.08. The lowest BCUT2D eigenvalue weighted by atomic mass is 9.79. The average Bonchev–Trinajstić information content (AvgIpc) is 3.07. The molecule has 2 rings (SSSR count). The smallest absolute Gasteiger partial charge is 0.0774 e. The fourth-order valence-corrected chi connectivity index (χ4v) is 3.15. The number of aliphatic hydroxyl groups is 1. The summed E-state index contributed by atoms with van der Waals surface area (Å²) in [5.41, 5.74) is -0.474. The molecule has 0 aromatic heterocycles. The van der Waals surface area contributed by atoms with Crippen LogP contribution in [0, 0.1) is 11.8 Å². The van der Waals surface area contributed by atoms with Gasteiger partial charge < -0.3 is 15.2 Å². The van der Waals surface area contributed by atoms with Gasteiger partial charge in [0.05, 0.1) is 12.2 Å². The third kappa shape index (κ3) is 3.94. The molecule has 0 radical (unpaired) electrons. The van der Waals surface area contributed by atoms with Crippen molar-refractivity contribution in [2.45, 2.75) is 57.1 Å². The predicted octanol–water partition coefficient (Wildman–Crippen LogP) is 1.94. The van der Waals surface area contributed by atoms with E-state index in [2.05, 4.69) is 12.2 Å². The van der Waals surface area contributed by atoms with Gasteiger partial charge in [0.25, 0.3) is 0 Å². The Hall–Kier alpha value is -0.120. The molecule has 17 heavy (non-hydrogen) atoms. The Balaban J connectivity index is 1.78. The first kappa shape index (κ1) is 13.3. The maximum absolute atomic E-state index is 10.6. The van der Waals surface area contributed by atoms with Gasteiger partial charge in [-0.3, -0.25) is 0 Å². The molecule has 0 amide bonds. The van der Waals surface area contributed by atoms with Gasteiger partial charge in [-0.2, -0.15) is 0 Å². The normalized spacial score (nSPS) is 35.8. The molecule has 0 spiro atoms. The van der Waals surface area contributed by atoms with E-state index < -0.39 is 5.60 Å². The average molecular weight is 241 g/mol. The SMILES string of the molecule is COCC(NCC1(O)CCCC(C)C1)C1CC1. The van der Waals surface area contributed by atoms with Gasteiger partial charge in [0.2, 0.25) is 0 Å².